The van der Waals surface area contributed by atoms with Crippen molar-refractivity contribution < 1.29 is 14.3 Å². The number of aromatic nitrogens is 4. The molecule has 0 aliphatic carbocycles. The molecule has 1 saturated heterocycles. The number of ether oxygens (including phenoxy) is 1. The third kappa shape index (κ3) is 5.36. The molecule has 0 spiro atoms. The Labute approximate surface area is 198 Å². The number of hydrogen-bond acceptors (Lipinski definition) is 8. The topological polar surface area (TPSA) is 120 Å². The van der Waals surface area contributed by atoms with Gasteiger partial charge in [0.15, 0.2) is 0 Å². The molecule has 180 valence electrons. The Morgan fingerprint density at radius 1 is 1.09 bits per heavy atom. The van der Waals surface area contributed by atoms with Gasteiger partial charge in [-0.1, -0.05) is 0 Å². The zero-order valence-corrected chi connectivity index (χ0v) is 20.1. The number of rotatable bonds is 4. The maximum absolute atomic E-state index is 12.3. The SMILES string of the molecule is CN(C)C(=O)c1cc2cnc(Nc3ccc(N4CCN(C(=O)OC(C)(C)C)CC4)cn3)nc2[nH]1. The number of H-pyrrole nitrogens is 1. The number of hydrogen-bond donors (Lipinski definition) is 2. The van der Waals surface area contributed by atoms with Crippen LogP contribution < -0.4 is 10.2 Å². The summed E-state index contributed by atoms with van der Waals surface area (Å²) in [4.78, 5) is 46.1. The number of piperazine rings is 1. The van der Waals surface area contributed by atoms with Crippen molar-refractivity contribution in [1.29, 1.82) is 0 Å². The summed E-state index contributed by atoms with van der Waals surface area (Å²) in [5.74, 6) is 0.854. The van der Waals surface area contributed by atoms with Gasteiger partial charge in [0.25, 0.3) is 5.91 Å². The average molecular weight is 467 g/mol. The number of carbonyl (C=O) groups is 2. The van der Waals surface area contributed by atoms with Gasteiger partial charge < -0.3 is 29.7 Å². The van der Waals surface area contributed by atoms with Gasteiger partial charge in [-0.25, -0.2) is 14.8 Å². The lowest BCUT2D eigenvalue weighted by atomic mass is 10.2. The number of carbonyl (C=O) groups excluding carboxylic acids is 2. The summed E-state index contributed by atoms with van der Waals surface area (Å²) < 4.78 is 5.46. The molecule has 0 bridgehead atoms. The normalized spacial score (nSPS) is 14.3. The van der Waals surface area contributed by atoms with Crippen molar-refractivity contribution in [2.75, 3.05) is 50.5 Å². The second-order valence-corrected chi connectivity index (χ2v) is 9.36. The van der Waals surface area contributed by atoms with E-state index in [4.69, 9.17) is 4.74 Å². The van der Waals surface area contributed by atoms with Gasteiger partial charge in [-0.15, -0.1) is 0 Å². The van der Waals surface area contributed by atoms with Crippen LogP contribution in [0.4, 0.5) is 22.2 Å². The quantitative estimate of drug-likeness (QED) is 0.602. The number of nitrogens with one attached hydrogen (secondary N) is 2. The number of fused-ring (bicyclic) bond motifs is 1. The first-order valence-corrected chi connectivity index (χ1v) is 11.1. The summed E-state index contributed by atoms with van der Waals surface area (Å²) in [6.45, 7) is 8.20. The van der Waals surface area contributed by atoms with Gasteiger partial charge in [0.1, 0.15) is 22.8 Å². The molecule has 4 rings (SSSR count). The maximum atomic E-state index is 12.3. The summed E-state index contributed by atoms with van der Waals surface area (Å²) in [7, 11) is 3.39. The summed E-state index contributed by atoms with van der Waals surface area (Å²) in [5, 5.41) is 3.85. The van der Waals surface area contributed by atoms with Crippen LogP contribution in [0.1, 0.15) is 31.3 Å². The molecule has 3 aromatic rings. The molecule has 11 heteroatoms. The van der Waals surface area contributed by atoms with E-state index in [1.54, 1.807) is 37.5 Å². The standard InChI is InChI=1S/C23H30N8O3/c1-23(2,3)34-22(33)31-10-8-30(9-11-31)16-6-7-18(24-14-16)27-21-25-13-15-12-17(20(32)29(4)5)26-19(15)28-21/h6-7,12-14H,8-11H2,1-5H3,(H2,24,25,26,27,28). The van der Waals surface area contributed by atoms with Crippen LogP contribution in [0.2, 0.25) is 0 Å². The number of amides is 2. The van der Waals surface area contributed by atoms with E-state index in [-0.39, 0.29) is 12.0 Å². The lowest BCUT2D eigenvalue weighted by molar-refractivity contribution is 0.0240. The Morgan fingerprint density at radius 2 is 1.82 bits per heavy atom. The van der Waals surface area contributed by atoms with E-state index in [1.165, 1.54) is 4.90 Å². The van der Waals surface area contributed by atoms with Crippen molar-refractivity contribution in [2.45, 2.75) is 26.4 Å². The molecule has 4 heterocycles. The second-order valence-electron chi connectivity index (χ2n) is 9.36. The van der Waals surface area contributed by atoms with Crippen LogP contribution in [0, 0.1) is 0 Å². The summed E-state index contributed by atoms with van der Waals surface area (Å²) in [6, 6.07) is 5.56. The van der Waals surface area contributed by atoms with Gasteiger partial charge >= 0.3 is 6.09 Å². The Bertz CT molecular complexity index is 1180. The zero-order valence-electron chi connectivity index (χ0n) is 20.1. The van der Waals surface area contributed by atoms with Crippen LogP contribution in [-0.4, -0.2) is 87.6 Å². The van der Waals surface area contributed by atoms with Crippen LogP contribution in [-0.2, 0) is 4.74 Å². The fourth-order valence-electron chi connectivity index (χ4n) is 3.57. The minimum absolute atomic E-state index is 0.128. The molecule has 2 amide bonds. The number of nitrogens with zero attached hydrogens (tertiary/aromatic N) is 6. The van der Waals surface area contributed by atoms with E-state index in [9.17, 15) is 9.59 Å². The van der Waals surface area contributed by atoms with Crippen molar-refractivity contribution in [3.05, 3.63) is 36.3 Å². The molecule has 34 heavy (non-hydrogen) atoms. The lowest BCUT2D eigenvalue weighted by Gasteiger charge is -2.36. The third-order valence-corrected chi connectivity index (χ3v) is 5.29. The molecule has 1 aliphatic rings. The molecule has 0 atom stereocenters. The Kier molecular flexibility index (Phi) is 6.27. The highest BCUT2D eigenvalue weighted by Crippen LogP contribution is 2.21. The predicted octanol–water partition coefficient (Wildman–Crippen LogP) is 2.86. The monoisotopic (exact) mass is 466 g/mol. The van der Waals surface area contributed by atoms with Crippen LogP contribution in [0.25, 0.3) is 11.0 Å². The van der Waals surface area contributed by atoms with Crippen molar-refractivity contribution in [1.82, 2.24) is 29.7 Å². The fraction of sp³-hybridized carbons (Fsp3) is 0.435. The highest BCUT2D eigenvalue weighted by atomic mass is 16.6. The number of pyridine rings is 1. The summed E-state index contributed by atoms with van der Waals surface area (Å²) in [5.41, 5.74) is 1.51. The largest absolute Gasteiger partial charge is 0.444 e. The van der Waals surface area contributed by atoms with Crippen molar-refractivity contribution in [2.24, 2.45) is 0 Å². The highest BCUT2D eigenvalue weighted by molar-refractivity contribution is 5.97. The molecule has 0 unspecified atom stereocenters. The fourth-order valence-corrected chi connectivity index (χ4v) is 3.57. The van der Waals surface area contributed by atoms with Crippen LogP contribution >= 0.6 is 0 Å². The predicted molar refractivity (Wildman–Crippen MR) is 129 cm³/mol. The van der Waals surface area contributed by atoms with Crippen molar-refractivity contribution >= 4 is 40.5 Å². The molecule has 11 nitrogen and oxygen atoms in total. The molecule has 3 aromatic heterocycles. The zero-order chi connectivity index (χ0) is 24.5. The minimum Gasteiger partial charge on any atom is -0.444 e. The first-order chi connectivity index (χ1) is 16.1. The van der Waals surface area contributed by atoms with Crippen LogP contribution in [0.5, 0.6) is 0 Å². The van der Waals surface area contributed by atoms with E-state index < -0.39 is 5.60 Å². The number of anilines is 3. The van der Waals surface area contributed by atoms with Crippen LogP contribution in [0.15, 0.2) is 30.6 Å². The Morgan fingerprint density at radius 3 is 2.44 bits per heavy atom. The van der Waals surface area contributed by atoms with Gasteiger partial charge in [-0.2, -0.15) is 4.98 Å². The molecule has 0 radical (unpaired) electrons. The molecular weight excluding hydrogens is 436 g/mol. The van der Waals surface area contributed by atoms with Gasteiger partial charge in [0.05, 0.1) is 11.9 Å². The van der Waals surface area contributed by atoms with Gasteiger partial charge in [0.2, 0.25) is 5.95 Å². The van der Waals surface area contributed by atoms with E-state index in [1.807, 2.05) is 32.9 Å². The molecule has 0 saturated carbocycles. The first-order valence-electron chi connectivity index (χ1n) is 11.1. The molecule has 2 N–H and O–H groups in total. The molecule has 1 fully saturated rings. The minimum atomic E-state index is -0.498. The van der Waals surface area contributed by atoms with E-state index in [0.29, 0.717) is 49.3 Å². The maximum Gasteiger partial charge on any atom is 0.410 e. The van der Waals surface area contributed by atoms with Crippen molar-refractivity contribution in [3.63, 3.8) is 0 Å². The Balaban J connectivity index is 1.36. The second kappa shape index (κ2) is 9.16. The van der Waals surface area contributed by atoms with Gasteiger partial charge in [0, 0.05) is 51.9 Å². The van der Waals surface area contributed by atoms with E-state index >= 15 is 0 Å². The van der Waals surface area contributed by atoms with Gasteiger partial charge in [-0.3, -0.25) is 4.79 Å². The highest BCUT2D eigenvalue weighted by Gasteiger charge is 2.26. The lowest BCUT2D eigenvalue weighted by Crippen LogP contribution is -2.50. The molecule has 0 aromatic carbocycles. The van der Waals surface area contributed by atoms with Crippen molar-refractivity contribution in [3.8, 4) is 0 Å². The summed E-state index contributed by atoms with van der Waals surface area (Å²) >= 11 is 0. The number of aromatic amines is 1. The van der Waals surface area contributed by atoms with E-state index in [0.717, 1.165) is 11.1 Å². The van der Waals surface area contributed by atoms with Crippen LogP contribution in [0.3, 0.4) is 0 Å². The third-order valence-electron chi connectivity index (χ3n) is 5.29. The smallest absolute Gasteiger partial charge is 0.410 e. The average Bonchev–Trinajstić information content (AvgIpc) is 3.21. The Hall–Kier alpha value is -3.89. The summed E-state index contributed by atoms with van der Waals surface area (Å²) in [6.07, 6.45) is 3.17. The first kappa shape index (κ1) is 23.3. The van der Waals surface area contributed by atoms with E-state index in [2.05, 4.69) is 30.2 Å². The molecular formula is C23H30N8O3. The molecule has 1 aliphatic heterocycles. The van der Waals surface area contributed by atoms with Gasteiger partial charge in [-0.05, 0) is 39.0 Å².